The molecule has 2 aromatic heterocycles. The van der Waals surface area contributed by atoms with Crippen molar-refractivity contribution in [2.24, 2.45) is 5.92 Å². The summed E-state index contributed by atoms with van der Waals surface area (Å²) in [7, 11) is 0. The van der Waals surface area contributed by atoms with Crippen LogP contribution in [-0.4, -0.2) is 38.8 Å². The first-order valence-electron chi connectivity index (χ1n) is 9.45. The maximum Gasteiger partial charge on any atom is 0.234 e. The van der Waals surface area contributed by atoms with Crippen LogP contribution in [0, 0.1) is 5.92 Å². The monoisotopic (exact) mass is 358 g/mol. The molecule has 2 aromatic rings. The Balaban J connectivity index is 1.34. The summed E-state index contributed by atoms with van der Waals surface area (Å²) in [6.07, 6.45) is 5.48. The van der Waals surface area contributed by atoms with E-state index in [1.54, 1.807) is 6.26 Å². The van der Waals surface area contributed by atoms with E-state index in [2.05, 4.69) is 15.3 Å². The van der Waals surface area contributed by atoms with E-state index in [1.807, 2.05) is 22.9 Å². The lowest BCUT2D eigenvalue weighted by molar-refractivity contribution is -0.122. The van der Waals surface area contributed by atoms with Crippen molar-refractivity contribution in [1.29, 1.82) is 0 Å². The molecule has 3 heterocycles. The van der Waals surface area contributed by atoms with Gasteiger partial charge in [0.15, 0.2) is 0 Å². The van der Waals surface area contributed by atoms with Gasteiger partial charge in [-0.1, -0.05) is 6.42 Å². The number of rotatable bonds is 6. The maximum absolute atomic E-state index is 12.2. The highest BCUT2D eigenvalue weighted by atomic mass is 16.3. The highest BCUT2D eigenvalue weighted by molar-refractivity contribution is 5.77. The van der Waals surface area contributed by atoms with Crippen LogP contribution in [0.25, 0.3) is 0 Å². The molecule has 140 valence electrons. The Morgan fingerprint density at radius 1 is 1.38 bits per heavy atom. The lowest BCUT2D eigenvalue weighted by atomic mass is 9.80. The van der Waals surface area contributed by atoms with Crippen molar-refractivity contribution in [2.45, 2.75) is 51.4 Å². The van der Waals surface area contributed by atoms with E-state index >= 15 is 0 Å². The van der Waals surface area contributed by atoms with Gasteiger partial charge in [0.25, 0.3) is 0 Å². The molecule has 0 bridgehead atoms. The van der Waals surface area contributed by atoms with Crippen molar-refractivity contribution in [2.75, 3.05) is 13.1 Å². The fourth-order valence-electron chi connectivity index (χ4n) is 3.69. The lowest BCUT2D eigenvalue weighted by Crippen LogP contribution is -2.36. The minimum Gasteiger partial charge on any atom is -0.467 e. The zero-order chi connectivity index (χ0) is 17.9. The molecule has 0 spiro atoms. The van der Waals surface area contributed by atoms with E-state index in [4.69, 9.17) is 4.42 Å². The van der Waals surface area contributed by atoms with E-state index in [9.17, 15) is 9.90 Å². The number of aryl methyl sites for hydroxylation is 1. The van der Waals surface area contributed by atoms with Crippen LogP contribution in [0.15, 0.2) is 28.9 Å². The van der Waals surface area contributed by atoms with Crippen molar-refractivity contribution in [1.82, 2.24) is 20.0 Å². The van der Waals surface area contributed by atoms with Gasteiger partial charge in [-0.2, -0.15) is 5.10 Å². The molecule has 4 rings (SSSR count). The first kappa shape index (κ1) is 17.3. The minimum atomic E-state index is -0.451. The Kier molecular flexibility index (Phi) is 5.08. The smallest absolute Gasteiger partial charge is 0.234 e. The van der Waals surface area contributed by atoms with Crippen molar-refractivity contribution >= 4 is 5.91 Å². The molecule has 2 aliphatic rings. The topological polar surface area (TPSA) is 83.5 Å². The molecule has 1 saturated carbocycles. The molecule has 1 fully saturated rings. The molecule has 1 aliphatic carbocycles. The van der Waals surface area contributed by atoms with Gasteiger partial charge in [0.05, 0.1) is 30.7 Å². The zero-order valence-electron chi connectivity index (χ0n) is 14.9. The van der Waals surface area contributed by atoms with Gasteiger partial charge in [0.1, 0.15) is 11.9 Å². The van der Waals surface area contributed by atoms with Crippen molar-refractivity contribution < 1.29 is 14.3 Å². The number of hydrogen-bond acceptors (Lipinski definition) is 5. The van der Waals surface area contributed by atoms with Gasteiger partial charge in [0, 0.05) is 19.6 Å². The summed E-state index contributed by atoms with van der Waals surface area (Å²) in [5.74, 6) is 1.10. The first-order chi connectivity index (χ1) is 12.7. The molecule has 7 nitrogen and oxygen atoms in total. The fraction of sp³-hybridized carbons (Fsp3) is 0.579. The molecule has 2 N–H and O–H groups in total. The van der Waals surface area contributed by atoms with Crippen LogP contribution in [0.3, 0.4) is 0 Å². The van der Waals surface area contributed by atoms with Gasteiger partial charge >= 0.3 is 0 Å². The minimum absolute atomic E-state index is 0.0101. The van der Waals surface area contributed by atoms with Gasteiger partial charge in [-0.25, -0.2) is 0 Å². The average Bonchev–Trinajstić information content (AvgIpc) is 3.18. The Morgan fingerprint density at radius 3 is 3.00 bits per heavy atom. The van der Waals surface area contributed by atoms with Crippen molar-refractivity contribution in [3.05, 3.63) is 41.6 Å². The van der Waals surface area contributed by atoms with Gasteiger partial charge in [-0.15, -0.1) is 0 Å². The van der Waals surface area contributed by atoms with Crippen LogP contribution >= 0.6 is 0 Å². The second-order valence-corrected chi connectivity index (χ2v) is 7.34. The normalized spacial score (nSPS) is 19.4. The molecule has 1 amide bonds. The summed E-state index contributed by atoms with van der Waals surface area (Å²) in [4.78, 5) is 14.4. The Labute approximate surface area is 153 Å². The van der Waals surface area contributed by atoms with E-state index in [0.29, 0.717) is 25.6 Å². The number of carbonyl (C=O) groups is 1. The average molecular weight is 358 g/mol. The third-order valence-corrected chi connectivity index (χ3v) is 5.42. The Bertz CT molecular complexity index is 736. The molecule has 7 heteroatoms. The summed E-state index contributed by atoms with van der Waals surface area (Å²) in [5, 5.41) is 18.0. The number of nitrogens with one attached hydrogen (secondary N) is 1. The van der Waals surface area contributed by atoms with Crippen LogP contribution in [-0.2, 0) is 24.4 Å². The van der Waals surface area contributed by atoms with E-state index in [0.717, 1.165) is 49.5 Å². The lowest BCUT2D eigenvalue weighted by Gasteiger charge is -2.29. The number of nitrogens with zero attached hydrogens (tertiary/aromatic N) is 3. The standard InChI is InChI=1S/C19H26N4O3/c24-18(20-11-16-6-2-9-26-16)13-22-7-3-8-23-15(12-22)10-17(21-23)19(25)14-4-1-5-14/h2,6,9-10,14,19,25H,1,3-5,7-8,11-13H2,(H,20,24). The fourth-order valence-corrected chi connectivity index (χ4v) is 3.69. The number of amides is 1. The largest absolute Gasteiger partial charge is 0.467 e. The van der Waals surface area contributed by atoms with E-state index < -0.39 is 6.10 Å². The molecular formula is C19H26N4O3. The van der Waals surface area contributed by atoms with Gasteiger partial charge < -0.3 is 14.8 Å². The van der Waals surface area contributed by atoms with Crippen LogP contribution in [0.5, 0.6) is 0 Å². The van der Waals surface area contributed by atoms with Crippen LogP contribution in [0.1, 0.15) is 48.9 Å². The number of fused-ring (bicyclic) bond motifs is 1. The number of aliphatic hydroxyl groups is 1. The van der Waals surface area contributed by atoms with Crippen LogP contribution in [0.2, 0.25) is 0 Å². The van der Waals surface area contributed by atoms with Crippen LogP contribution in [0.4, 0.5) is 0 Å². The number of aromatic nitrogens is 2. The molecule has 1 atom stereocenters. The SMILES string of the molecule is O=C(CN1CCCn2nc(C(O)C3CCC3)cc2C1)NCc1ccco1. The summed E-state index contributed by atoms with van der Waals surface area (Å²) in [5.41, 5.74) is 1.86. The maximum atomic E-state index is 12.2. The molecule has 1 unspecified atom stereocenters. The molecule has 1 aliphatic heterocycles. The molecule has 0 saturated heterocycles. The second-order valence-electron chi connectivity index (χ2n) is 7.34. The van der Waals surface area contributed by atoms with Crippen molar-refractivity contribution in [3.8, 4) is 0 Å². The summed E-state index contributed by atoms with van der Waals surface area (Å²) < 4.78 is 7.23. The third kappa shape index (κ3) is 3.83. The number of hydrogen-bond donors (Lipinski definition) is 2. The predicted octanol–water partition coefficient (Wildman–Crippen LogP) is 1.83. The predicted molar refractivity (Wildman–Crippen MR) is 95.0 cm³/mol. The Hall–Kier alpha value is -2.12. The van der Waals surface area contributed by atoms with Gasteiger partial charge in [-0.3, -0.25) is 14.4 Å². The van der Waals surface area contributed by atoms with E-state index in [1.165, 1.54) is 6.42 Å². The molecule has 0 aromatic carbocycles. The number of aliphatic hydroxyl groups excluding tert-OH is 1. The molecular weight excluding hydrogens is 332 g/mol. The first-order valence-corrected chi connectivity index (χ1v) is 9.45. The quantitative estimate of drug-likeness (QED) is 0.823. The highest BCUT2D eigenvalue weighted by Crippen LogP contribution is 2.37. The van der Waals surface area contributed by atoms with Gasteiger partial charge in [-0.05, 0) is 43.4 Å². The van der Waals surface area contributed by atoms with Crippen molar-refractivity contribution in [3.63, 3.8) is 0 Å². The zero-order valence-corrected chi connectivity index (χ0v) is 14.9. The molecule has 0 radical (unpaired) electrons. The third-order valence-electron chi connectivity index (χ3n) is 5.42. The Morgan fingerprint density at radius 2 is 2.27 bits per heavy atom. The highest BCUT2D eigenvalue weighted by Gasteiger charge is 2.29. The summed E-state index contributed by atoms with van der Waals surface area (Å²) in [6.45, 7) is 3.13. The van der Waals surface area contributed by atoms with Crippen LogP contribution < -0.4 is 5.32 Å². The van der Waals surface area contributed by atoms with Gasteiger partial charge in [0.2, 0.25) is 5.91 Å². The summed E-state index contributed by atoms with van der Waals surface area (Å²) >= 11 is 0. The number of furan rings is 1. The molecule has 26 heavy (non-hydrogen) atoms. The van der Waals surface area contributed by atoms with E-state index in [-0.39, 0.29) is 5.91 Å². The summed E-state index contributed by atoms with van der Waals surface area (Å²) in [6, 6.07) is 5.68. The second kappa shape index (κ2) is 7.63. The number of carbonyl (C=O) groups excluding carboxylic acids is 1.